The van der Waals surface area contributed by atoms with Gasteiger partial charge in [-0.15, -0.1) is 0 Å². The van der Waals surface area contributed by atoms with Gasteiger partial charge in [-0.05, 0) is 24.6 Å². The molecule has 1 N–H and O–H groups in total. The van der Waals surface area contributed by atoms with Crippen LogP contribution < -0.4 is 4.74 Å². The Morgan fingerprint density at radius 2 is 2.07 bits per heavy atom. The predicted molar refractivity (Wildman–Crippen MR) is 51.5 cm³/mol. The number of ether oxygens (including phenoxy) is 1. The van der Waals surface area contributed by atoms with Crippen LogP contribution in [0.3, 0.4) is 0 Å². The van der Waals surface area contributed by atoms with Crippen LogP contribution in [0.4, 0.5) is 13.2 Å². The van der Waals surface area contributed by atoms with Crippen molar-refractivity contribution in [3.8, 4) is 5.75 Å². The Kier molecular flexibility index (Phi) is 3.62. The van der Waals surface area contributed by atoms with Gasteiger partial charge in [-0.3, -0.25) is 0 Å². The maximum Gasteiger partial charge on any atom is 0.421 e. The van der Waals surface area contributed by atoms with E-state index in [1.807, 2.05) is 0 Å². The molecular formula is C9H8BrF3O2. The molecule has 0 aliphatic heterocycles. The summed E-state index contributed by atoms with van der Waals surface area (Å²) >= 11 is 3.01. The van der Waals surface area contributed by atoms with Gasteiger partial charge >= 0.3 is 6.11 Å². The van der Waals surface area contributed by atoms with Crippen LogP contribution in [0.2, 0.25) is 0 Å². The van der Waals surface area contributed by atoms with E-state index in [9.17, 15) is 13.2 Å². The standard InChI is InChI=1S/C9H8BrF3O2/c1-5-2-6(10)3-7(11)8(5)15-9(12,13)4-14/h2-3,14H,4H2,1H3. The molecule has 0 amide bonds. The van der Waals surface area contributed by atoms with Gasteiger partial charge in [0.1, 0.15) is 6.61 Å². The van der Waals surface area contributed by atoms with Gasteiger partial charge in [-0.25, -0.2) is 4.39 Å². The van der Waals surface area contributed by atoms with Crippen LogP contribution in [-0.2, 0) is 0 Å². The first kappa shape index (κ1) is 12.3. The van der Waals surface area contributed by atoms with Gasteiger partial charge in [-0.2, -0.15) is 8.78 Å². The first-order valence-electron chi connectivity index (χ1n) is 3.99. The number of aliphatic hydroxyl groups excluding tert-OH is 1. The van der Waals surface area contributed by atoms with Crippen molar-refractivity contribution in [2.75, 3.05) is 6.61 Å². The quantitative estimate of drug-likeness (QED) is 0.925. The normalized spacial score (nSPS) is 11.6. The lowest BCUT2D eigenvalue weighted by Gasteiger charge is -2.17. The van der Waals surface area contributed by atoms with Gasteiger partial charge in [0.25, 0.3) is 0 Å². The molecule has 0 spiro atoms. The molecule has 1 aromatic rings. The molecule has 0 radical (unpaired) electrons. The number of hydrogen-bond donors (Lipinski definition) is 1. The Labute approximate surface area is 92.8 Å². The highest BCUT2D eigenvalue weighted by Gasteiger charge is 2.32. The van der Waals surface area contributed by atoms with Gasteiger partial charge in [0.2, 0.25) is 0 Å². The number of aliphatic hydroxyl groups is 1. The summed E-state index contributed by atoms with van der Waals surface area (Å²) in [5.74, 6) is -1.47. The van der Waals surface area contributed by atoms with E-state index in [1.165, 1.54) is 13.0 Å². The lowest BCUT2D eigenvalue weighted by atomic mass is 10.2. The molecule has 0 atom stereocenters. The molecule has 0 aliphatic rings. The summed E-state index contributed by atoms with van der Waals surface area (Å²) < 4.78 is 43.0. The third-order valence-corrected chi connectivity index (χ3v) is 2.09. The van der Waals surface area contributed by atoms with Crippen molar-refractivity contribution in [1.29, 1.82) is 0 Å². The maximum atomic E-state index is 13.2. The minimum absolute atomic E-state index is 0.218. The fraction of sp³-hybridized carbons (Fsp3) is 0.333. The van der Waals surface area contributed by atoms with E-state index in [1.54, 1.807) is 0 Å². The molecule has 15 heavy (non-hydrogen) atoms. The molecule has 0 fully saturated rings. The number of rotatable bonds is 3. The van der Waals surface area contributed by atoms with Crippen LogP contribution >= 0.6 is 15.9 Å². The summed E-state index contributed by atoms with van der Waals surface area (Å²) in [5, 5.41) is 8.29. The minimum atomic E-state index is -3.78. The zero-order chi connectivity index (χ0) is 11.6. The van der Waals surface area contributed by atoms with Crippen molar-refractivity contribution >= 4 is 15.9 Å². The summed E-state index contributed by atoms with van der Waals surface area (Å²) in [6.07, 6.45) is -3.78. The molecule has 0 saturated heterocycles. The first-order chi connectivity index (χ1) is 6.85. The average molecular weight is 285 g/mol. The highest BCUT2D eigenvalue weighted by Crippen LogP contribution is 2.30. The first-order valence-corrected chi connectivity index (χ1v) is 4.78. The average Bonchev–Trinajstić information content (AvgIpc) is 2.11. The van der Waals surface area contributed by atoms with E-state index >= 15 is 0 Å². The minimum Gasteiger partial charge on any atom is -0.427 e. The maximum absolute atomic E-state index is 13.2. The highest BCUT2D eigenvalue weighted by atomic mass is 79.9. The third kappa shape index (κ3) is 3.10. The van der Waals surface area contributed by atoms with Gasteiger partial charge in [0.15, 0.2) is 11.6 Å². The van der Waals surface area contributed by atoms with Crippen molar-refractivity contribution in [2.24, 2.45) is 0 Å². The number of alkyl halides is 2. The molecular weight excluding hydrogens is 277 g/mol. The smallest absolute Gasteiger partial charge is 0.421 e. The molecule has 0 aromatic heterocycles. The highest BCUT2D eigenvalue weighted by molar-refractivity contribution is 9.10. The second-order valence-corrected chi connectivity index (χ2v) is 3.85. The van der Waals surface area contributed by atoms with E-state index in [2.05, 4.69) is 20.7 Å². The Morgan fingerprint density at radius 1 is 1.47 bits per heavy atom. The SMILES string of the molecule is Cc1cc(Br)cc(F)c1OC(F)(F)CO. The van der Waals surface area contributed by atoms with Crippen LogP contribution in [0.5, 0.6) is 5.75 Å². The fourth-order valence-electron chi connectivity index (χ4n) is 1.000. The Hall–Kier alpha value is -0.750. The van der Waals surface area contributed by atoms with Crippen molar-refractivity contribution < 1.29 is 23.0 Å². The summed E-state index contributed by atoms with van der Waals surface area (Å²) in [6, 6.07) is 2.45. The largest absolute Gasteiger partial charge is 0.427 e. The molecule has 0 unspecified atom stereocenters. The van der Waals surface area contributed by atoms with Crippen molar-refractivity contribution in [2.45, 2.75) is 13.0 Å². The summed E-state index contributed by atoms with van der Waals surface area (Å²) in [5.41, 5.74) is 0.218. The van der Waals surface area contributed by atoms with Crippen molar-refractivity contribution in [1.82, 2.24) is 0 Å². The molecule has 84 valence electrons. The van der Waals surface area contributed by atoms with Crippen LogP contribution in [0, 0.1) is 12.7 Å². The lowest BCUT2D eigenvalue weighted by molar-refractivity contribution is -0.202. The van der Waals surface area contributed by atoms with Gasteiger partial charge in [0, 0.05) is 4.47 Å². The summed E-state index contributed by atoms with van der Waals surface area (Å²) in [6.45, 7) is -0.0709. The second-order valence-electron chi connectivity index (χ2n) is 2.93. The topological polar surface area (TPSA) is 29.5 Å². The van der Waals surface area contributed by atoms with E-state index in [4.69, 9.17) is 5.11 Å². The van der Waals surface area contributed by atoms with Crippen LogP contribution in [0.15, 0.2) is 16.6 Å². The van der Waals surface area contributed by atoms with Crippen molar-refractivity contribution in [3.05, 3.63) is 28.0 Å². The zero-order valence-electron chi connectivity index (χ0n) is 7.73. The van der Waals surface area contributed by atoms with Crippen LogP contribution in [0.1, 0.15) is 5.56 Å². The number of halogens is 4. The molecule has 0 bridgehead atoms. The molecule has 2 nitrogen and oxygen atoms in total. The molecule has 0 heterocycles. The van der Waals surface area contributed by atoms with Gasteiger partial charge < -0.3 is 9.84 Å². The van der Waals surface area contributed by atoms with E-state index in [-0.39, 0.29) is 5.56 Å². The molecule has 1 rings (SSSR count). The Balaban J connectivity index is 3.05. The Bertz CT molecular complexity index is 345. The van der Waals surface area contributed by atoms with E-state index < -0.39 is 24.3 Å². The van der Waals surface area contributed by atoms with Crippen LogP contribution in [0.25, 0.3) is 0 Å². The van der Waals surface area contributed by atoms with Crippen LogP contribution in [-0.4, -0.2) is 17.8 Å². The molecule has 0 saturated carbocycles. The monoisotopic (exact) mass is 284 g/mol. The zero-order valence-corrected chi connectivity index (χ0v) is 9.32. The third-order valence-electron chi connectivity index (χ3n) is 1.63. The van der Waals surface area contributed by atoms with E-state index in [0.29, 0.717) is 4.47 Å². The second kappa shape index (κ2) is 4.40. The molecule has 6 heteroatoms. The lowest BCUT2D eigenvalue weighted by Crippen LogP contribution is -2.29. The fourth-order valence-corrected chi connectivity index (χ4v) is 1.54. The Morgan fingerprint density at radius 3 is 2.53 bits per heavy atom. The number of benzene rings is 1. The van der Waals surface area contributed by atoms with E-state index in [0.717, 1.165) is 6.07 Å². The van der Waals surface area contributed by atoms with Gasteiger partial charge in [-0.1, -0.05) is 15.9 Å². The number of aryl methyl sites for hydroxylation is 1. The number of hydrogen-bond acceptors (Lipinski definition) is 2. The summed E-state index contributed by atoms with van der Waals surface area (Å²) in [4.78, 5) is 0. The predicted octanol–water partition coefficient (Wildman–Crippen LogP) is 2.86. The molecule has 1 aromatic carbocycles. The summed E-state index contributed by atoms with van der Waals surface area (Å²) in [7, 11) is 0. The van der Waals surface area contributed by atoms with Crippen molar-refractivity contribution in [3.63, 3.8) is 0 Å². The molecule has 0 aliphatic carbocycles. The van der Waals surface area contributed by atoms with Gasteiger partial charge in [0.05, 0.1) is 0 Å².